The van der Waals surface area contributed by atoms with Crippen LogP contribution in [0.4, 0.5) is 5.82 Å². The third-order valence-electron chi connectivity index (χ3n) is 3.86. The van der Waals surface area contributed by atoms with Crippen molar-refractivity contribution >= 4 is 5.82 Å². The SMILES string of the molecule is CC(Nc1ccc(C#N)cn1)C(C)(C)c1ccccc1. The molecule has 1 unspecified atom stereocenters. The van der Waals surface area contributed by atoms with Crippen LogP contribution in [0.25, 0.3) is 0 Å². The second kappa shape index (κ2) is 5.75. The Morgan fingerprint density at radius 2 is 1.85 bits per heavy atom. The van der Waals surface area contributed by atoms with Crippen LogP contribution in [0.5, 0.6) is 0 Å². The molecule has 1 aromatic carbocycles. The van der Waals surface area contributed by atoms with Crippen molar-refractivity contribution in [2.75, 3.05) is 5.32 Å². The second-order valence-electron chi connectivity index (χ2n) is 5.50. The predicted molar refractivity (Wildman–Crippen MR) is 81.5 cm³/mol. The molecule has 0 amide bonds. The van der Waals surface area contributed by atoms with E-state index in [0.717, 1.165) is 5.82 Å². The first-order valence-corrected chi connectivity index (χ1v) is 6.72. The molecule has 102 valence electrons. The first kappa shape index (κ1) is 14.1. The molecule has 3 heteroatoms. The zero-order valence-corrected chi connectivity index (χ0v) is 12.1. The molecule has 0 saturated heterocycles. The van der Waals surface area contributed by atoms with Crippen LogP contribution in [0.1, 0.15) is 31.9 Å². The summed E-state index contributed by atoms with van der Waals surface area (Å²) in [5, 5.41) is 12.2. The fraction of sp³-hybridized carbons (Fsp3) is 0.294. The van der Waals surface area contributed by atoms with Crippen LogP contribution < -0.4 is 5.32 Å². The number of rotatable bonds is 4. The topological polar surface area (TPSA) is 48.7 Å². The number of aromatic nitrogens is 1. The summed E-state index contributed by atoms with van der Waals surface area (Å²) in [6.45, 7) is 6.57. The van der Waals surface area contributed by atoms with E-state index in [9.17, 15) is 0 Å². The molecule has 0 fully saturated rings. The van der Waals surface area contributed by atoms with Gasteiger partial charge >= 0.3 is 0 Å². The quantitative estimate of drug-likeness (QED) is 0.916. The van der Waals surface area contributed by atoms with Crippen molar-refractivity contribution < 1.29 is 0 Å². The van der Waals surface area contributed by atoms with E-state index >= 15 is 0 Å². The fourth-order valence-corrected chi connectivity index (χ4v) is 2.07. The Labute approximate surface area is 120 Å². The van der Waals surface area contributed by atoms with Crippen LogP contribution in [0.3, 0.4) is 0 Å². The lowest BCUT2D eigenvalue weighted by molar-refractivity contribution is 0.457. The number of anilines is 1. The van der Waals surface area contributed by atoms with Crippen molar-refractivity contribution in [3.8, 4) is 6.07 Å². The van der Waals surface area contributed by atoms with Crippen molar-refractivity contribution in [3.05, 3.63) is 59.8 Å². The lowest BCUT2D eigenvalue weighted by atomic mass is 9.78. The number of benzene rings is 1. The lowest BCUT2D eigenvalue weighted by Gasteiger charge is -2.33. The molecule has 1 atom stereocenters. The highest BCUT2D eigenvalue weighted by atomic mass is 15.0. The van der Waals surface area contributed by atoms with Crippen molar-refractivity contribution in [1.29, 1.82) is 5.26 Å². The minimum absolute atomic E-state index is 0.0170. The number of hydrogen-bond acceptors (Lipinski definition) is 3. The molecule has 1 N–H and O–H groups in total. The van der Waals surface area contributed by atoms with Gasteiger partial charge in [0.15, 0.2) is 0 Å². The van der Waals surface area contributed by atoms with Gasteiger partial charge in [0, 0.05) is 17.7 Å². The summed E-state index contributed by atoms with van der Waals surface area (Å²) in [5.41, 5.74) is 1.84. The molecular formula is C17H19N3. The lowest BCUT2D eigenvalue weighted by Crippen LogP contribution is -2.37. The monoisotopic (exact) mass is 265 g/mol. The van der Waals surface area contributed by atoms with Crippen LogP contribution in [0, 0.1) is 11.3 Å². The van der Waals surface area contributed by atoms with E-state index in [1.807, 2.05) is 12.1 Å². The van der Waals surface area contributed by atoms with Crippen LogP contribution in [0.2, 0.25) is 0 Å². The Hall–Kier alpha value is -2.34. The van der Waals surface area contributed by atoms with Gasteiger partial charge in [-0.3, -0.25) is 0 Å². The van der Waals surface area contributed by atoms with Crippen molar-refractivity contribution in [1.82, 2.24) is 4.98 Å². The van der Waals surface area contributed by atoms with Gasteiger partial charge in [0.25, 0.3) is 0 Å². The molecular weight excluding hydrogens is 246 g/mol. The number of pyridine rings is 1. The molecule has 20 heavy (non-hydrogen) atoms. The average Bonchev–Trinajstić information content (AvgIpc) is 2.49. The first-order valence-electron chi connectivity index (χ1n) is 6.72. The van der Waals surface area contributed by atoms with Gasteiger partial charge in [0.1, 0.15) is 11.9 Å². The largest absolute Gasteiger partial charge is 0.367 e. The summed E-state index contributed by atoms with van der Waals surface area (Å²) in [5.74, 6) is 0.792. The second-order valence-corrected chi connectivity index (χ2v) is 5.50. The van der Waals surface area contributed by atoms with Gasteiger partial charge in [0.05, 0.1) is 5.56 Å². The molecule has 0 radical (unpaired) electrons. The van der Waals surface area contributed by atoms with E-state index < -0.39 is 0 Å². The fourth-order valence-electron chi connectivity index (χ4n) is 2.07. The smallest absolute Gasteiger partial charge is 0.126 e. The van der Waals surface area contributed by atoms with E-state index in [0.29, 0.717) is 5.56 Å². The van der Waals surface area contributed by atoms with Gasteiger partial charge in [-0.15, -0.1) is 0 Å². The molecule has 2 rings (SSSR count). The number of nitrogens with zero attached hydrogens (tertiary/aromatic N) is 2. The molecule has 0 aliphatic carbocycles. The van der Waals surface area contributed by atoms with Gasteiger partial charge in [0.2, 0.25) is 0 Å². The summed E-state index contributed by atoms with van der Waals surface area (Å²) >= 11 is 0. The molecule has 1 aromatic heterocycles. The Balaban J connectivity index is 2.14. The maximum Gasteiger partial charge on any atom is 0.126 e. The maximum absolute atomic E-state index is 8.78. The number of hydrogen-bond donors (Lipinski definition) is 1. The van der Waals surface area contributed by atoms with Crippen molar-refractivity contribution in [2.45, 2.75) is 32.2 Å². The van der Waals surface area contributed by atoms with Gasteiger partial charge in [-0.2, -0.15) is 5.26 Å². The molecule has 2 aromatic rings. The van der Waals surface area contributed by atoms with E-state index in [4.69, 9.17) is 5.26 Å². The zero-order chi connectivity index (χ0) is 14.6. The van der Waals surface area contributed by atoms with Gasteiger partial charge in [-0.1, -0.05) is 44.2 Å². The van der Waals surface area contributed by atoms with E-state index in [2.05, 4.69) is 61.4 Å². The maximum atomic E-state index is 8.78. The van der Waals surface area contributed by atoms with E-state index in [1.54, 1.807) is 12.3 Å². The van der Waals surface area contributed by atoms with Crippen molar-refractivity contribution in [3.63, 3.8) is 0 Å². The summed E-state index contributed by atoms with van der Waals surface area (Å²) in [4.78, 5) is 4.26. The highest BCUT2D eigenvalue weighted by Gasteiger charge is 2.27. The molecule has 0 aliphatic heterocycles. The summed E-state index contributed by atoms with van der Waals surface area (Å²) in [7, 11) is 0. The summed E-state index contributed by atoms with van der Waals surface area (Å²) in [6.07, 6.45) is 1.59. The molecule has 0 bridgehead atoms. The van der Waals surface area contributed by atoms with E-state index in [1.165, 1.54) is 5.56 Å². The van der Waals surface area contributed by atoms with Crippen LogP contribution in [-0.4, -0.2) is 11.0 Å². The highest BCUT2D eigenvalue weighted by Crippen LogP contribution is 2.28. The number of nitrogens with one attached hydrogen (secondary N) is 1. The van der Waals surface area contributed by atoms with E-state index in [-0.39, 0.29) is 11.5 Å². The van der Waals surface area contributed by atoms with Gasteiger partial charge in [-0.25, -0.2) is 4.98 Å². The Kier molecular flexibility index (Phi) is 4.05. The number of nitriles is 1. The predicted octanol–water partition coefficient (Wildman–Crippen LogP) is 3.73. The van der Waals surface area contributed by atoms with Crippen LogP contribution >= 0.6 is 0 Å². The molecule has 0 spiro atoms. The Bertz CT molecular complexity index is 594. The molecule has 1 heterocycles. The molecule has 3 nitrogen and oxygen atoms in total. The van der Waals surface area contributed by atoms with Crippen LogP contribution in [0.15, 0.2) is 48.7 Å². The molecule has 0 saturated carbocycles. The summed E-state index contributed by atoms with van der Waals surface area (Å²) in [6, 6.07) is 16.3. The zero-order valence-electron chi connectivity index (χ0n) is 12.1. The minimum atomic E-state index is -0.0170. The third-order valence-corrected chi connectivity index (χ3v) is 3.86. The normalized spacial score (nSPS) is 12.5. The highest BCUT2D eigenvalue weighted by molar-refractivity contribution is 5.41. The standard InChI is InChI=1S/C17H19N3/c1-13(17(2,3)15-7-5-4-6-8-15)20-16-10-9-14(11-18)12-19-16/h4-10,12-13H,1-3H3,(H,19,20). The average molecular weight is 265 g/mol. The van der Waals surface area contributed by atoms with Gasteiger partial charge < -0.3 is 5.32 Å². The Morgan fingerprint density at radius 3 is 2.40 bits per heavy atom. The molecule has 0 aliphatic rings. The first-order chi connectivity index (χ1) is 9.54. The summed E-state index contributed by atoms with van der Waals surface area (Å²) < 4.78 is 0. The third kappa shape index (κ3) is 2.97. The minimum Gasteiger partial charge on any atom is -0.367 e. The van der Waals surface area contributed by atoms with Gasteiger partial charge in [-0.05, 0) is 24.6 Å². The Morgan fingerprint density at radius 1 is 1.15 bits per heavy atom. The van der Waals surface area contributed by atoms with Crippen molar-refractivity contribution in [2.24, 2.45) is 0 Å². The van der Waals surface area contributed by atoms with Crippen LogP contribution in [-0.2, 0) is 5.41 Å².